The van der Waals surface area contributed by atoms with E-state index in [2.05, 4.69) is 14.7 Å². The lowest BCUT2D eigenvalue weighted by Crippen LogP contribution is -2.27. The zero-order valence-corrected chi connectivity index (χ0v) is 11.7. The molecule has 0 saturated heterocycles. The Hall–Kier alpha value is -2.49. The molecule has 0 bridgehead atoms. The molecule has 0 aliphatic rings. The molecule has 0 saturated carbocycles. The van der Waals surface area contributed by atoms with Gasteiger partial charge in [0.1, 0.15) is 5.60 Å². The summed E-state index contributed by atoms with van der Waals surface area (Å²) >= 11 is 0. The highest BCUT2D eigenvalue weighted by Gasteiger charge is 2.28. The molecule has 0 radical (unpaired) electrons. The van der Waals surface area contributed by atoms with Crippen molar-refractivity contribution in [3.63, 3.8) is 0 Å². The first-order chi connectivity index (χ1) is 9.28. The van der Waals surface area contributed by atoms with Crippen LogP contribution in [0.5, 0.6) is 0 Å². The summed E-state index contributed by atoms with van der Waals surface area (Å²) in [5.41, 5.74) is -0.586. The Morgan fingerprint density at radius 3 is 2.35 bits per heavy atom. The van der Waals surface area contributed by atoms with Crippen molar-refractivity contribution in [3.05, 3.63) is 23.8 Å². The van der Waals surface area contributed by atoms with E-state index in [0.717, 1.165) is 6.20 Å². The van der Waals surface area contributed by atoms with Crippen LogP contribution in [-0.4, -0.2) is 34.6 Å². The Kier molecular flexibility index (Phi) is 4.75. The molecule has 1 aromatic heterocycles. The van der Waals surface area contributed by atoms with Crippen LogP contribution in [0, 0.1) is 11.3 Å². The molecule has 7 heteroatoms. The molecule has 1 heterocycles. The van der Waals surface area contributed by atoms with Crippen molar-refractivity contribution >= 4 is 11.9 Å². The number of hydrogen-bond donors (Lipinski definition) is 0. The lowest BCUT2D eigenvalue weighted by molar-refractivity contribution is -0.155. The van der Waals surface area contributed by atoms with Crippen LogP contribution in [-0.2, 0) is 14.3 Å². The maximum atomic E-state index is 11.9. The van der Waals surface area contributed by atoms with Gasteiger partial charge in [0.25, 0.3) is 0 Å². The number of methoxy groups -OCH3 is 1. The lowest BCUT2D eigenvalue weighted by atomic mass is 10.1. The second kappa shape index (κ2) is 6.10. The van der Waals surface area contributed by atoms with E-state index in [0.29, 0.717) is 0 Å². The summed E-state index contributed by atoms with van der Waals surface area (Å²) in [6.07, 6.45) is 2.33. The monoisotopic (exact) mass is 277 g/mol. The number of nitrogens with zero attached hydrogens (tertiary/aromatic N) is 3. The smallest absolute Gasteiger partial charge is 0.358 e. The second-order valence-corrected chi connectivity index (χ2v) is 4.91. The first-order valence-corrected chi connectivity index (χ1v) is 5.81. The third kappa shape index (κ3) is 4.02. The maximum Gasteiger partial charge on any atom is 0.358 e. The van der Waals surface area contributed by atoms with Crippen molar-refractivity contribution in [2.24, 2.45) is 0 Å². The molecular weight excluding hydrogens is 262 g/mol. The van der Waals surface area contributed by atoms with Crippen LogP contribution in [0.2, 0.25) is 0 Å². The van der Waals surface area contributed by atoms with Gasteiger partial charge in [-0.15, -0.1) is 0 Å². The van der Waals surface area contributed by atoms with Crippen molar-refractivity contribution < 1.29 is 19.1 Å². The van der Waals surface area contributed by atoms with Gasteiger partial charge in [-0.05, 0) is 20.8 Å². The topological polar surface area (TPSA) is 102 Å². The average molecular weight is 277 g/mol. The van der Waals surface area contributed by atoms with Gasteiger partial charge in [0, 0.05) is 0 Å². The number of hydrogen-bond acceptors (Lipinski definition) is 7. The number of rotatable bonds is 3. The summed E-state index contributed by atoms with van der Waals surface area (Å²) in [5, 5.41) is 9.06. The number of esters is 2. The zero-order chi connectivity index (χ0) is 15.3. The third-order valence-corrected chi connectivity index (χ3v) is 2.13. The molecule has 1 atom stereocenters. The number of carbonyl (C=O) groups is 2. The number of carbonyl (C=O) groups excluding carboxylic acids is 2. The van der Waals surface area contributed by atoms with Crippen molar-refractivity contribution in [3.8, 4) is 6.07 Å². The van der Waals surface area contributed by atoms with Gasteiger partial charge in [-0.25, -0.2) is 9.78 Å². The van der Waals surface area contributed by atoms with Crippen LogP contribution in [0.25, 0.3) is 0 Å². The average Bonchev–Trinajstić information content (AvgIpc) is 2.37. The van der Waals surface area contributed by atoms with Gasteiger partial charge in [0.2, 0.25) is 0 Å². The van der Waals surface area contributed by atoms with Gasteiger partial charge in [-0.2, -0.15) is 5.26 Å². The first-order valence-electron chi connectivity index (χ1n) is 5.81. The number of nitriles is 1. The molecule has 0 fully saturated rings. The van der Waals surface area contributed by atoms with E-state index in [4.69, 9.17) is 10.00 Å². The zero-order valence-electron chi connectivity index (χ0n) is 11.7. The standard InChI is InChI=1S/C13H15N3O4/c1-13(2,3)20-11(17)8(5-14)9-6-16-10(7-15-9)12(18)19-4/h6-8H,1-4H3. The fourth-order valence-electron chi connectivity index (χ4n) is 1.30. The molecule has 20 heavy (non-hydrogen) atoms. The van der Waals surface area contributed by atoms with Gasteiger partial charge in [-0.3, -0.25) is 9.78 Å². The SMILES string of the molecule is COC(=O)c1cnc(C(C#N)C(=O)OC(C)(C)C)cn1. The molecular formula is C13H15N3O4. The molecule has 0 aromatic carbocycles. The Labute approximate surface area is 116 Å². The quantitative estimate of drug-likeness (QED) is 0.765. The van der Waals surface area contributed by atoms with Gasteiger partial charge < -0.3 is 9.47 Å². The van der Waals surface area contributed by atoms with Crippen LogP contribution in [0.1, 0.15) is 42.9 Å². The van der Waals surface area contributed by atoms with Gasteiger partial charge >= 0.3 is 11.9 Å². The highest BCUT2D eigenvalue weighted by atomic mass is 16.6. The van der Waals surface area contributed by atoms with Crippen molar-refractivity contribution in [1.82, 2.24) is 9.97 Å². The van der Waals surface area contributed by atoms with E-state index >= 15 is 0 Å². The van der Waals surface area contributed by atoms with Gasteiger partial charge in [-0.1, -0.05) is 0 Å². The van der Waals surface area contributed by atoms with Crippen LogP contribution in [0.15, 0.2) is 12.4 Å². The van der Waals surface area contributed by atoms with Gasteiger partial charge in [0.15, 0.2) is 11.6 Å². The fraction of sp³-hybridized carbons (Fsp3) is 0.462. The Bertz CT molecular complexity index is 540. The lowest BCUT2D eigenvalue weighted by Gasteiger charge is -2.21. The Balaban J connectivity index is 2.94. The predicted octanol–water partition coefficient (Wildman–Crippen LogP) is 1.21. The Morgan fingerprint density at radius 1 is 1.30 bits per heavy atom. The van der Waals surface area contributed by atoms with Crippen molar-refractivity contribution in [2.75, 3.05) is 7.11 Å². The minimum absolute atomic E-state index is 0.00266. The summed E-state index contributed by atoms with van der Waals surface area (Å²) in [4.78, 5) is 30.8. The molecule has 7 nitrogen and oxygen atoms in total. The minimum atomic E-state index is -1.19. The van der Waals surface area contributed by atoms with E-state index in [9.17, 15) is 9.59 Å². The summed E-state index contributed by atoms with van der Waals surface area (Å²) in [6, 6.07) is 1.81. The number of ether oxygens (including phenoxy) is 2. The van der Waals surface area contributed by atoms with Crippen LogP contribution < -0.4 is 0 Å². The van der Waals surface area contributed by atoms with Crippen molar-refractivity contribution in [1.29, 1.82) is 5.26 Å². The maximum absolute atomic E-state index is 11.9. The van der Waals surface area contributed by atoms with Crippen molar-refractivity contribution in [2.45, 2.75) is 32.3 Å². The highest BCUT2D eigenvalue weighted by Crippen LogP contribution is 2.18. The summed E-state index contributed by atoms with van der Waals surface area (Å²) < 4.78 is 9.60. The highest BCUT2D eigenvalue weighted by molar-refractivity contribution is 5.87. The molecule has 0 aliphatic carbocycles. The van der Waals surface area contributed by atoms with Crippen LogP contribution in [0.3, 0.4) is 0 Å². The summed E-state index contributed by atoms with van der Waals surface area (Å²) in [6.45, 7) is 5.10. The first kappa shape index (κ1) is 15.6. The molecule has 0 aliphatic heterocycles. The molecule has 1 unspecified atom stereocenters. The second-order valence-electron chi connectivity index (χ2n) is 4.91. The molecule has 0 amide bonds. The van der Waals surface area contributed by atoms with E-state index in [-0.39, 0.29) is 11.4 Å². The van der Waals surface area contributed by atoms with Gasteiger partial charge in [0.05, 0.1) is 31.3 Å². The largest absolute Gasteiger partial charge is 0.464 e. The summed E-state index contributed by atoms with van der Waals surface area (Å²) in [5.74, 6) is -2.54. The van der Waals surface area contributed by atoms with E-state index in [1.165, 1.54) is 13.3 Å². The van der Waals surface area contributed by atoms with E-state index in [1.54, 1.807) is 20.8 Å². The fourth-order valence-corrected chi connectivity index (χ4v) is 1.30. The summed E-state index contributed by atoms with van der Waals surface area (Å²) in [7, 11) is 1.22. The molecule has 106 valence electrons. The minimum Gasteiger partial charge on any atom is -0.464 e. The molecule has 1 aromatic rings. The van der Waals surface area contributed by atoms with Crippen LogP contribution in [0.4, 0.5) is 0 Å². The predicted molar refractivity (Wildman–Crippen MR) is 67.6 cm³/mol. The normalized spacial score (nSPS) is 12.2. The molecule has 1 rings (SSSR count). The van der Waals surface area contributed by atoms with E-state index < -0.39 is 23.5 Å². The van der Waals surface area contributed by atoms with E-state index in [1.807, 2.05) is 6.07 Å². The van der Waals surface area contributed by atoms with Crippen LogP contribution >= 0.6 is 0 Å². The third-order valence-electron chi connectivity index (χ3n) is 2.13. The Morgan fingerprint density at radius 2 is 1.95 bits per heavy atom. The number of aromatic nitrogens is 2. The molecule has 0 N–H and O–H groups in total. The molecule has 0 spiro atoms.